The molecule has 0 atom stereocenters. The molecule has 0 bridgehead atoms. The van der Waals surface area contributed by atoms with Crippen molar-refractivity contribution in [3.8, 4) is 11.1 Å². The molecule has 1 nitrogen and oxygen atoms in total. The number of nitrogen functional groups attached to an aromatic ring is 1. The number of hydrogen-bond donors (Lipinski definition) is 1. The zero-order valence-electron chi connectivity index (χ0n) is 8.48. The Kier molecular flexibility index (Phi) is 3.22. The van der Waals surface area contributed by atoms with E-state index in [2.05, 4.69) is 0 Å². The van der Waals surface area contributed by atoms with Gasteiger partial charge in [-0.1, -0.05) is 23.2 Å². The van der Waals surface area contributed by atoms with Crippen LogP contribution in [0.25, 0.3) is 11.1 Å². The van der Waals surface area contributed by atoms with Gasteiger partial charge in [-0.25, -0.2) is 8.78 Å². The molecule has 0 saturated carbocycles. The molecular weight excluding hydrogens is 267 g/mol. The van der Waals surface area contributed by atoms with Gasteiger partial charge in [-0.15, -0.1) is 0 Å². The van der Waals surface area contributed by atoms with Gasteiger partial charge in [-0.3, -0.25) is 0 Å². The normalized spacial score (nSPS) is 10.6. The third-order valence-corrected chi connectivity index (χ3v) is 2.86. The molecule has 0 aliphatic carbocycles. The Morgan fingerprint density at radius 2 is 1.65 bits per heavy atom. The fourth-order valence-electron chi connectivity index (χ4n) is 1.52. The van der Waals surface area contributed by atoms with Gasteiger partial charge in [0.15, 0.2) is 0 Å². The van der Waals surface area contributed by atoms with Gasteiger partial charge in [0, 0.05) is 16.1 Å². The van der Waals surface area contributed by atoms with E-state index in [1.165, 1.54) is 12.1 Å². The summed E-state index contributed by atoms with van der Waals surface area (Å²) in [5.41, 5.74) is 6.20. The van der Waals surface area contributed by atoms with Gasteiger partial charge in [0.1, 0.15) is 11.6 Å². The summed E-state index contributed by atoms with van der Waals surface area (Å²) in [6.07, 6.45) is 0. The molecule has 0 spiro atoms. The number of anilines is 1. The molecule has 2 rings (SSSR count). The zero-order valence-corrected chi connectivity index (χ0v) is 9.99. The lowest BCUT2D eigenvalue weighted by atomic mass is 10.0. The van der Waals surface area contributed by atoms with Crippen LogP contribution >= 0.6 is 23.2 Å². The molecule has 88 valence electrons. The highest BCUT2D eigenvalue weighted by Crippen LogP contribution is 2.34. The fourth-order valence-corrected chi connectivity index (χ4v) is 1.88. The Balaban J connectivity index is 2.68. The molecular formula is C12H7Cl2F2N. The monoisotopic (exact) mass is 273 g/mol. The Bertz CT molecular complexity index is 585. The van der Waals surface area contributed by atoms with Gasteiger partial charge in [0.05, 0.1) is 10.7 Å². The van der Waals surface area contributed by atoms with Crippen LogP contribution in [0.1, 0.15) is 0 Å². The summed E-state index contributed by atoms with van der Waals surface area (Å²) in [6.45, 7) is 0. The minimum Gasteiger partial charge on any atom is -0.397 e. The average molecular weight is 274 g/mol. The Labute approximate surface area is 107 Å². The summed E-state index contributed by atoms with van der Waals surface area (Å²) >= 11 is 11.4. The molecule has 0 amide bonds. The van der Waals surface area contributed by atoms with Crippen LogP contribution in [-0.4, -0.2) is 0 Å². The first kappa shape index (κ1) is 12.1. The van der Waals surface area contributed by atoms with Crippen molar-refractivity contribution in [1.29, 1.82) is 0 Å². The smallest absolute Gasteiger partial charge is 0.132 e. The van der Waals surface area contributed by atoms with E-state index < -0.39 is 11.6 Å². The first-order valence-corrected chi connectivity index (χ1v) is 5.44. The molecule has 2 N–H and O–H groups in total. The third kappa shape index (κ3) is 2.35. The van der Waals surface area contributed by atoms with Crippen LogP contribution in [0.3, 0.4) is 0 Å². The van der Waals surface area contributed by atoms with Crippen LogP contribution in [0.4, 0.5) is 14.5 Å². The van der Waals surface area contributed by atoms with Crippen molar-refractivity contribution < 1.29 is 8.78 Å². The highest BCUT2D eigenvalue weighted by Gasteiger charge is 2.12. The average Bonchev–Trinajstić information content (AvgIpc) is 2.24. The first-order chi connectivity index (χ1) is 7.99. The minimum absolute atomic E-state index is 0.0503. The van der Waals surface area contributed by atoms with E-state index in [1.54, 1.807) is 0 Å². The molecule has 0 saturated heterocycles. The van der Waals surface area contributed by atoms with Gasteiger partial charge >= 0.3 is 0 Å². The third-order valence-electron chi connectivity index (χ3n) is 2.32. The van der Waals surface area contributed by atoms with Crippen LogP contribution in [0, 0.1) is 11.6 Å². The predicted octanol–water partition coefficient (Wildman–Crippen LogP) is 4.52. The van der Waals surface area contributed by atoms with Gasteiger partial charge in [-0.05, 0) is 30.3 Å². The maximum Gasteiger partial charge on any atom is 0.132 e. The maximum atomic E-state index is 13.7. The predicted molar refractivity (Wildman–Crippen MR) is 66.2 cm³/mol. The van der Waals surface area contributed by atoms with Crippen molar-refractivity contribution >= 4 is 28.9 Å². The molecule has 2 aromatic carbocycles. The summed E-state index contributed by atoms with van der Waals surface area (Å²) in [5, 5.41) is 0.307. The van der Waals surface area contributed by atoms with E-state index in [4.69, 9.17) is 28.9 Å². The van der Waals surface area contributed by atoms with E-state index in [0.29, 0.717) is 0 Å². The number of benzene rings is 2. The SMILES string of the molecule is Nc1c(Cl)cc(F)cc1-c1ccc(Cl)cc1F. The van der Waals surface area contributed by atoms with Crippen molar-refractivity contribution in [3.05, 3.63) is 52.0 Å². The topological polar surface area (TPSA) is 26.0 Å². The van der Waals surface area contributed by atoms with Gasteiger partial charge in [0.25, 0.3) is 0 Å². The Morgan fingerprint density at radius 3 is 2.29 bits per heavy atom. The first-order valence-electron chi connectivity index (χ1n) is 4.69. The minimum atomic E-state index is -0.578. The van der Waals surface area contributed by atoms with E-state index in [1.807, 2.05) is 0 Å². The maximum absolute atomic E-state index is 13.7. The largest absolute Gasteiger partial charge is 0.397 e. The molecule has 0 fully saturated rings. The number of nitrogens with two attached hydrogens (primary N) is 1. The number of halogens is 4. The van der Waals surface area contributed by atoms with Gasteiger partial charge in [0.2, 0.25) is 0 Å². The van der Waals surface area contributed by atoms with Crippen molar-refractivity contribution in [2.75, 3.05) is 5.73 Å². The molecule has 0 radical (unpaired) electrons. The van der Waals surface area contributed by atoms with Gasteiger partial charge < -0.3 is 5.73 Å². The lowest BCUT2D eigenvalue weighted by Gasteiger charge is -2.09. The highest BCUT2D eigenvalue weighted by molar-refractivity contribution is 6.33. The molecule has 0 heterocycles. The highest BCUT2D eigenvalue weighted by atomic mass is 35.5. The van der Waals surface area contributed by atoms with Crippen LogP contribution in [-0.2, 0) is 0 Å². The second-order valence-electron chi connectivity index (χ2n) is 3.47. The van der Waals surface area contributed by atoms with E-state index >= 15 is 0 Å². The number of hydrogen-bond acceptors (Lipinski definition) is 1. The van der Waals surface area contributed by atoms with Crippen molar-refractivity contribution in [3.63, 3.8) is 0 Å². The second kappa shape index (κ2) is 4.51. The standard InChI is InChI=1S/C12H7Cl2F2N/c13-6-1-2-8(11(16)3-6)9-4-7(15)5-10(14)12(9)17/h1-5H,17H2. The van der Waals surface area contributed by atoms with Crippen molar-refractivity contribution in [2.45, 2.75) is 0 Å². The van der Waals surface area contributed by atoms with E-state index in [9.17, 15) is 8.78 Å². The molecule has 2 aromatic rings. The van der Waals surface area contributed by atoms with E-state index in [-0.39, 0.29) is 26.9 Å². The van der Waals surface area contributed by atoms with Gasteiger partial charge in [-0.2, -0.15) is 0 Å². The molecule has 17 heavy (non-hydrogen) atoms. The zero-order chi connectivity index (χ0) is 12.6. The van der Waals surface area contributed by atoms with Crippen LogP contribution in [0.2, 0.25) is 10.0 Å². The number of rotatable bonds is 1. The van der Waals surface area contributed by atoms with Crippen LogP contribution in [0.5, 0.6) is 0 Å². The fraction of sp³-hybridized carbons (Fsp3) is 0. The molecule has 0 unspecified atom stereocenters. The lowest BCUT2D eigenvalue weighted by Crippen LogP contribution is -1.95. The summed E-state index contributed by atoms with van der Waals surface area (Å²) in [7, 11) is 0. The molecule has 0 aliphatic rings. The summed E-state index contributed by atoms with van der Waals surface area (Å²) < 4.78 is 26.9. The van der Waals surface area contributed by atoms with E-state index in [0.717, 1.165) is 18.2 Å². The second-order valence-corrected chi connectivity index (χ2v) is 4.32. The molecule has 0 aliphatic heterocycles. The summed E-state index contributed by atoms with van der Waals surface area (Å²) in [6, 6.07) is 6.27. The van der Waals surface area contributed by atoms with Crippen molar-refractivity contribution in [1.82, 2.24) is 0 Å². The summed E-state index contributed by atoms with van der Waals surface area (Å²) in [4.78, 5) is 0. The van der Waals surface area contributed by atoms with Crippen molar-refractivity contribution in [2.24, 2.45) is 0 Å². The Hall–Kier alpha value is -1.32. The molecule has 0 aromatic heterocycles. The Morgan fingerprint density at radius 1 is 0.941 bits per heavy atom. The molecule has 5 heteroatoms. The van der Waals surface area contributed by atoms with Crippen LogP contribution in [0.15, 0.2) is 30.3 Å². The lowest BCUT2D eigenvalue weighted by molar-refractivity contribution is 0.625. The van der Waals surface area contributed by atoms with Crippen LogP contribution < -0.4 is 5.73 Å². The summed E-state index contributed by atoms with van der Waals surface area (Å²) in [5.74, 6) is -1.15. The quantitative estimate of drug-likeness (QED) is 0.760.